The third kappa shape index (κ3) is 8.93. The Morgan fingerprint density at radius 2 is 1.12 bits per heavy atom. The molecule has 0 fully saturated rings. The van der Waals surface area contributed by atoms with Crippen molar-refractivity contribution in [3.05, 3.63) is 11.3 Å². The molecule has 0 atom stereocenters. The summed E-state index contributed by atoms with van der Waals surface area (Å²) < 4.78 is 0. The van der Waals surface area contributed by atoms with Crippen molar-refractivity contribution in [3.63, 3.8) is 0 Å². The molecule has 16 heavy (non-hydrogen) atoms. The minimum Gasteiger partial charge on any atom is -0.870 e. The average molecular weight is 229 g/mol. The van der Waals surface area contributed by atoms with Crippen LogP contribution in [0, 0.1) is 0 Å². The fourth-order valence-corrected chi connectivity index (χ4v) is 1.83. The van der Waals surface area contributed by atoms with Crippen LogP contribution in [0.4, 0.5) is 0 Å². The summed E-state index contributed by atoms with van der Waals surface area (Å²) in [7, 11) is 0. The summed E-state index contributed by atoms with van der Waals surface area (Å²) in [6.07, 6.45) is 11.7. The number of quaternary nitrogens is 1. The van der Waals surface area contributed by atoms with Gasteiger partial charge in [-0.05, 0) is 37.7 Å². The second kappa shape index (κ2) is 12.7. The van der Waals surface area contributed by atoms with Crippen molar-refractivity contribution in [2.45, 2.75) is 78.6 Å². The number of hydrogen-bond acceptors (Lipinski definition) is 1. The van der Waals surface area contributed by atoms with Gasteiger partial charge in [-0.15, -0.1) is 0 Å². The fraction of sp³-hybridized carbons (Fsp3) is 0.857. The van der Waals surface area contributed by atoms with E-state index in [4.69, 9.17) is 0 Å². The number of hydrogen-bond donors (Lipinski definition) is 1. The van der Waals surface area contributed by atoms with Crippen molar-refractivity contribution < 1.29 is 11.2 Å². The van der Waals surface area contributed by atoms with Gasteiger partial charge in [-0.25, -0.2) is 0 Å². The third-order valence-corrected chi connectivity index (χ3v) is 3.00. The fourth-order valence-electron chi connectivity index (χ4n) is 1.83. The third-order valence-electron chi connectivity index (χ3n) is 3.00. The highest BCUT2D eigenvalue weighted by molar-refractivity contribution is 5.06. The van der Waals surface area contributed by atoms with Gasteiger partial charge in [0.1, 0.15) is 5.70 Å². The van der Waals surface area contributed by atoms with E-state index in [-0.39, 0.29) is 5.48 Å². The second-order valence-electron chi connectivity index (χ2n) is 4.52. The van der Waals surface area contributed by atoms with Crippen LogP contribution < -0.4 is 5.73 Å². The van der Waals surface area contributed by atoms with Crippen molar-refractivity contribution in [2.75, 3.05) is 0 Å². The van der Waals surface area contributed by atoms with Crippen LogP contribution in [-0.2, 0) is 0 Å². The summed E-state index contributed by atoms with van der Waals surface area (Å²) in [5.74, 6) is 0. The lowest BCUT2D eigenvalue weighted by molar-refractivity contribution is -0.309. The first-order chi connectivity index (χ1) is 7.26. The van der Waals surface area contributed by atoms with Gasteiger partial charge in [0.05, 0.1) is 0 Å². The summed E-state index contributed by atoms with van der Waals surface area (Å²) in [5, 5.41) is 0. The van der Waals surface area contributed by atoms with E-state index < -0.39 is 0 Å². The predicted molar refractivity (Wildman–Crippen MR) is 70.4 cm³/mol. The molecule has 0 unspecified atom stereocenters. The first kappa shape index (κ1) is 18.0. The molecule has 0 saturated carbocycles. The van der Waals surface area contributed by atoms with Crippen molar-refractivity contribution >= 4 is 0 Å². The molecule has 0 bridgehead atoms. The molecule has 0 radical (unpaired) electrons. The maximum atomic E-state index is 4.26. The van der Waals surface area contributed by atoms with Crippen LogP contribution in [0.2, 0.25) is 0 Å². The zero-order chi connectivity index (χ0) is 11.5. The monoisotopic (exact) mass is 229 g/mol. The van der Waals surface area contributed by atoms with Gasteiger partial charge in [0, 0.05) is 6.42 Å². The van der Waals surface area contributed by atoms with Crippen molar-refractivity contribution in [1.82, 2.24) is 0 Å². The largest absolute Gasteiger partial charge is 0.870 e. The first-order valence-corrected chi connectivity index (χ1v) is 6.79. The Morgan fingerprint density at radius 3 is 1.50 bits per heavy atom. The number of unbranched alkanes of at least 4 members (excludes halogenated alkanes) is 3. The lowest BCUT2D eigenvalue weighted by Gasteiger charge is -2.08. The van der Waals surface area contributed by atoms with E-state index in [0.717, 1.165) is 0 Å². The van der Waals surface area contributed by atoms with Crippen molar-refractivity contribution in [2.24, 2.45) is 0 Å². The highest BCUT2D eigenvalue weighted by Crippen LogP contribution is 2.18. The molecule has 0 aliphatic heterocycles. The summed E-state index contributed by atoms with van der Waals surface area (Å²) in [6.45, 7) is 6.80. The van der Waals surface area contributed by atoms with Crippen LogP contribution in [0.25, 0.3) is 0 Å². The molecule has 0 rings (SSSR count). The first-order valence-electron chi connectivity index (χ1n) is 6.79. The molecule has 0 spiro atoms. The molecule has 0 aliphatic rings. The quantitative estimate of drug-likeness (QED) is 0.641. The second-order valence-corrected chi connectivity index (χ2v) is 4.52. The molecule has 0 aromatic carbocycles. The van der Waals surface area contributed by atoms with E-state index in [2.05, 4.69) is 26.5 Å². The lowest BCUT2D eigenvalue weighted by Crippen LogP contribution is -2.48. The highest BCUT2D eigenvalue weighted by Gasteiger charge is 2.06. The molecular weight excluding hydrogens is 198 g/mol. The van der Waals surface area contributed by atoms with Crippen LogP contribution in [0.3, 0.4) is 0 Å². The Balaban J connectivity index is 0. The zero-order valence-corrected chi connectivity index (χ0v) is 11.5. The topological polar surface area (TPSA) is 57.6 Å². The molecule has 4 N–H and O–H groups in total. The molecule has 0 saturated heterocycles. The van der Waals surface area contributed by atoms with Crippen molar-refractivity contribution in [1.29, 1.82) is 0 Å². The SMILES string of the molecule is CCCCC([NH3+])=C(CCCC)CCCC.[OH-]. The van der Waals surface area contributed by atoms with Gasteiger partial charge in [-0.1, -0.05) is 40.0 Å². The minimum absolute atomic E-state index is 0. The van der Waals surface area contributed by atoms with Crippen LogP contribution in [0.15, 0.2) is 11.3 Å². The summed E-state index contributed by atoms with van der Waals surface area (Å²) in [5.41, 5.74) is 7.36. The van der Waals surface area contributed by atoms with E-state index in [1.54, 1.807) is 5.57 Å². The zero-order valence-electron chi connectivity index (χ0n) is 11.5. The average Bonchev–Trinajstić information content (AvgIpc) is 2.26. The van der Waals surface area contributed by atoms with Gasteiger partial charge in [0.25, 0.3) is 0 Å². The molecular formula is C14H31NO. The lowest BCUT2D eigenvalue weighted by atomic mass is 9.98. The Labute approximate surface area is 102 Å². The Kier molecular flexibility index (Phi) is 14.3. The van der Waals surface area contributed by atoms with Gasteiger partial charge in [0.2, 0.25) is 0 Å². The van der Waals surface area contributed by atoms with E-state index in [0.29, 0.717) is 0 Å². The van der Waals surface area contributed by atoms with Gasteiger partial charge < -0.3 is 11.2 Å². The molecule has 98 valence electrons. The smallest absolute Gasteiger partial charge is 0.103 e. The summed E-state index contributed by atoms with van der Waals surface area (Å²) >= 11 is 0. The van der Waals surface area contributed by atoms with Crippen LogP contribution in [0.1, 0.15) is 78.6 Å². The predicted octanol–water partition coefficient (Wildman–Crippen LogP) is 3.88. The van der Waals surface area contributed by atoms with Crippen LogP contribution >= 0.6 is 0 Å². The number of rotatable bonds is 9. The Morgan fingerprint density at radius 1 is 0.750 bits per heavy atom. The summed E-state index contributed by atoms with van der Waals surface area (Å²) in [4.78, 5) is 0. The summed E-state index contributed by atoms with van der Waals surface area (Å²) in [6, 6.07) is 0. The maximum absolute atomic E-state index is 4.26. The van der Waals surface area contributed by atoms with E-state index >= 15 is 0 Å². The minimum atomic E-state index is 0. The standard InChI is InChI=1S/C14H29N.H2O/c1-4-7-10-13(11-8-5-2)14(15)12-9-6-3;/h4-12,15H2,1-3H3;1H2. The normalized spacial score (nSPS) is 9.75. The van der Waals surface area contributed by atoms with E-state index in [9.17, 15) is 0 Å². The van der Waals surface area contributed by atoms with E-state index in [1.807, 2.05) is 0 Å². The molecule has 2 heteroatoms. The molecule has 0 amide bonds. The highest BCUT2D eigenvalue weighted by atomic mass is 16.0. The van der Waals surface area contributed by atoms with E-state index in [1.165, 1.54) is 63.5 Å². The molecule has 0 aromatic heterocycles. The molecule has 2 nitrogen and oxygen atoms in total. The molecule has 0 heterocycles. The molecule has 0 aliphatic carbocycles. The van der Waals surface area contributed by atoms with Gasteiger partial charge in [0.15, 0.2) is 0 Å². The van der Waals surface area contributed by atoms with Gasteiger partial charge in [-0.2, -0.15) is 0 Å². The molecule has 0 aromatic rings. The van der Waals surface area contributed by atoms with Gasteiger partial charge >= 0.3 is 0 Å². The van der Waals surface area contributed by atoms with Crippen LogP contribution in [-0.4, -0.2) is 5.48 Å². The van der Waals surface area contributed by atoms with Gasteiger partial charge in [-0.3, -0.25) is 0 Å². The Hall–Kier alpha value is -0.340. The number of allylic oxidation sites excluding steroid dienone is 2. The maximum Gasteiger partial charge on any atom is 0.103 e. The van der Waals surface area contributed by atoms with Crippen molar-refractivity contribution in [3.8, 4) is 0 Å². The Bertz CT molecular complexity index is 166. The van der Waals surface area contributed by atoms with Crippen LogP contribution in [0.5, 0.6) is 0 Å².